The third-order valence-corrected chi connectivity index (χ3v) is 4.05. The largest absolute Gasteiger partial charge is 0.481 e. The smallest absolute Gasteiger partial charge is 0.308 e. The molecule has 3 unspecified atom stereocenters. The Morgan fingerprint density at radius 3 is 2.82 bits per heavy atom. The molecule has 0 bridgehead atoms. The molecule has 0 radical (unpaired) electrons. The van der Waals surface area contributed by atoms with Crippen LogP contribution < -0.4 is 0 Å². The van der Waals surface area contributed by atoms with Crippen molar-refractivity contribution in [3.8, 4) is 0 Å². The van der Waals surface area contributed by atoms with E-state index in [0.29, 0.717) is 11.1 Å². The van der Waals surface area contributed by atoms with Gasteiger partial charge in [-0.15, -0.1) is 0 Å². The molecule has 0 spiro atoms. The molecular formula is C12H16BrNO3. The van der Waals surface area contributed by atoms with E-state index >= 15 is 0 Å². The summed E-state index contributed by atoms with van der Waals surface area (Å²) >= 11 is 3.28. The molecule has 1 saturated heterocycles. The Balaban J connectivity index is 2.11. The van der Waals surface area contributed by atoms with Crippen molar-refractivity contribution in [3.63, 3.8) is 0 Å². The van der Waals surface area contributed by atoms with Gasteiger partial charge < -0.3 is 9.52 Å². The van der Waals surface area contributed by atoms with Crippen LogP contribution in [0.2, 0.25) is 0 Å². The molecule has 1 aromatic heterocycles. The van der Waals surface area contributed by atoms with Crippen molar-refractivity contribution in [1.82, 2.24) is 4.90 Å². The number of carboxylic acid groups (broad SMARTS) is 1. The predicted molar refractivity (Wildman–Crippen MR) is 66.7 cm³/mol. The maximum Gasteiger partial charge on any atom is 0.308 e. The minimum atomic E-state index is -0.701. The first-order valence-corrected chi connectivity index (χ1v) is 6.53. The second-order valence-electron chi connectivity index (χ2n) is 4.53. The number of halogens is 1. The summed E-state index contributed by atoms with van der Waals surface area (Å²) in [5.74, 6) is -0.0987. The molecule has 94 valence electrons. The molecule has 1 aromatic rings. The predicted octanol–water partition coefficient (Wildman–Crippen LogP) is 2.90. The van der Waals surface area contributed by atoms with Crippen molar-refractivity contribution in [2.45, 2.75) is 32.4 Å². The van der Waals surface area contributed by atoms with E-state index in [4.69, 9.17) is 9.52 Å². The van der Waals surface area contributed by atoms with Crippen molar-refractivity contribution in [1.29, 1.82) is 0 Å². The molecule has 1 fully saturated rings. The van der Waals surface area contributed by atoms with Crippen LogP contribution >= 0.6 is 15.9 Å². The topological polar surface area (TPSA) is 53.7 Å². The van der Waals surface area contributed by atoms with E-state index in [9.17, 15) is 4.79 Å². The molecule has 1 aliphatic heterocycles. The monoisotopic (exact) mass is 301 g/mol. The Labute approximate surface area is 109 Å². The van der Waals surface area contributed by atoms with Gasteiger partial charge in [0.2, 0.25) is 0 Å². The molecule has 2 rings (SSSR count). The number of hydrogen-bond acceptors (Lipinski definition) is 3. The molecule has 0 aliphatic carbocycles. The highest BCUT2D eigenvalue weighted by Gasteiger charge is 2.38. The summed E-state index contributed by atoms with van der Waals surface area (Å²) in [5.41, 5.74) is 0. The first-order chi connectivity index (χ1) is 8.00. The molecule has 5 heteroatoms. The molecule has 0 aromatic carbocycles. The van der Waals surface area contributed by atoms with Gasteiger partial charge in [0, 0.05) is 12.6 Å². The Morgan fingerprint density at radius 2 is 2.35 bits per heavy atom. The average molecular weight is 302 g/mol. The summed E-state index contributed by atoms with van der Waals surface area (Å²) in [6.45, 7) is 4.82. The van der Waals surface area contributed by atoms with Gasteiger partial charge in [-0.05, 0) is 48.3 Å². The van der Waals surface area contributed by atoms with E-state index < -0.39 is 5.97 Å². The third-order valence-electron chi connectivity index (χ3n) is 3.62. The van der Waals surface area contributed by atoms with Gasteiger partial charge in [-0.1, -0.05) is 0 Å². The van der Waals surface area contributed by atoms with Crippen LogP contribution in [0, 0.1) is 5.92 Å². The number of furan rings is 1. The molecule has 2 heterocycles. The van der Waals surface area contributed by atoms with Crippen LogP contribution in [0.3, 0.4) is 0 Å². The Hall–Kier alpha value is -0.810. The van der Waals surface area contributed by atoms with E-state index in [1.54, 1.807) is 0 Å². The maximum atomic E-state index is 11.1. The fraction of sp³-hybridized carbons (Fsp3) is 0.583. The van der Waals surface area contributed by atoms with Crippen molar-refractivity contribution < 1.29 is 14.3 Å². The van der Waals surface area contributed by atoms with Crippen molar-refractivity contribution in [3.05, 3.63) is 22.6 Å². The van der Waals surface area contributed by atoms with Crippen LogP contribution in [0.5, 0.6) is 0 Å². The maximum absolute atomic E-state index is 11.1. The third kappa shape index (κ3) is 2.40. The van der Waals surface area contributed by atoms with Gasteiger partial charge in [-0.3, -0.25) is 9.69 Å². The quantitative estimate of drug-likeness (QED) is 0.933. The minimum absolute atomic E-state index is 0.0476. The van der Waals surface area contributed by atoms with Crippen molar-refractivity contribution in [2.24, 2.45) is 5.92 Å². The van der Waals surface area contributed by atoms with Crippen molar-refractivity contribution in [2.75, 3.05) is 6.54 Å². The van der Waals surface area contributed by atoms with Crippen LogP contribution in [0.15, 0.2) is 21.2 Å². The van der Waals surface area contributed by atoms with Gasteiger partial charge in [0.05, 0.1) is 12.0 Å². The van der Waals surface area contributed by atoms with Crippen LogP contribution in [0.4, 0.5) is 0 Å². The van der Waals surface area contributed by atoms with Gasteiger partial charge in [0.1, 0.15) is 5.76 Å². The average Bonchev–Trinajstić information content (AvgIpc) is 2.83. The summed E-state index contributed by atoms with van der Waals surface area (Å²) in [5, 5.41) is 9.10. The summed E-state index contributed by atoms with van der Waals surface area (Å²) < 4.78 is 6.24. The fourth-order valence-electron chi connectivity index (χ4n) is 2.56. The van der Waals surface area contributed by atoms with Gasteiger partial charge in [-0.2, -0.15) is 0 Å². The summed E-state index contributed by atoms with van der Waals surface area (Å²) in [4.78, 5) is 13.2. The first kappa shape index (κ1) is 12.6. The number of carbonyl (C=O) groups is 1. The molecule has 1 N–H and O–H groups in total. The zero-order valence-electron chi connectivity index (χ0n) is 9.89. The summed E-state index contributed by atoms with van der Waals surface area (Å²) in [6.07, 6.45) is 0.711. The van der Waals surface area contributed by atoms with Crippen molar-refractivity contribution >= 4 is 21.9 Å². The van der Waals surface area contributed by atoms with Gasteiger partial charge in [0.25, 0.3) is 0 Å². The fourth-order valence-corrected chi connectivity index (χ4v) is 2.88. The molecule has 3 atom stereocenters. The molecule has 0 saturated carbocycles. The second kappa shape index (κ2) is 4.82. The Morgan fingerprint density at radius 1 is 1.65 bits per heavy atom. The standard InChI is InChI=1S/C12H16BrNO3/c1-7-9(12(15)16)5-6-14(7)8(2)10-3-4-11(13)17-10/h3-4,7-9H,5-6H2,1-2H3,(H,15,16). The van der Waals surface area contributed by atoms with E-state index in [-0.39, 0.29) is 18.0 Å². The Bertz CT molecular complexity index is 418. The lowest BCUT2D eigenvalue weighted by Crippen LogP contribution is -2.34. The number of hydrogen-bond donors (Lipinski definition) is 1. The van der Waals surface area contributed by atoms with Gasteiger partial charge in [-0.25, -0.2) is 0 Å². The number of aliphatic carboxylic acids is 1. The summed E-state index contributed by atoms with van der Waals surface area (Å²) in [7, 11) is 0. The highest BCUT2D eigenvalue weighted by molar-refractivity contribution is 9.10. The minimum Gasteiger partial charge on any atom is -0.481 e. The zero-order chi connectivity index (χ0) is 12.6. The molecule has 1 aliphatic rings. The van der Waals surface area contributed by atoms with Crippen LogP contribution in [-0.2, 0) is 4.79 Å². The van der Waals surface area contributed by atoms with Crippen LogP contribution in [0.1, 0.15) is 32.1 Å². The van der Waals surface area contributed by atoms with Crippen LogP contribution in [0.25, 0.3) is 0 Å². The van der Waals surface area contributed by atoms with Crippen LogP contribution in [-0.4, -0.2) is 28.6 Å². The first-order valence-electron chi connectivity index (χ1n) is 5.74. The molecular weight excluding hydrogens is 286 g/mol. The SMILES string of the molecule is CC(c1ccc(Br)o1)N1CCC(C(=O)O)C1C. The van der Waals surface area contributed by atoms with Gasteiger partial charge >= 0.3 is 5.97 Å². The van der Waals surface area contributed by atoms with E-state index in [2.05, 4.69) is 20.8 Å². The zero-order valence-corrected chi connectivity index (χ0v) is 11.5. The number of rotatable bonds is 3. The molecule has 17 heavy (non-hydrogen) atoms. The lowest BCUT2D eigenvalue weighted by molar-refractivity contribution is -0.142. The number of nitrogens with zero attached hydrogens (tertiary/aromatic N) is 1. The molecule has 0 amide bonds. The lowest BCUT2D eigenvalue weighted by Gasteiger charge is -2.28. The van der Waals surface area contributed by atoms with E-state index in [1.165, 1.54) is 0 Å². The number of carboxylic acids is 1. The van der Waals surface area contributed by atoms with Gasteiger partial charge in [0.15, 0.2) is 4.67 Å². The second-order valence-corrected chi connectivity index (χ2v) is 5.31. The summed E-state index contributed by atoms with van der Waals surface area (Å²) in [6, 6.07) is 3.95. The highest BCUT2D eigenvalue weighted by atomic mass is 79.9. The molecule has 4 nitrogen and oxygen atoms in total. The lowest BCUT2D eigenvalue weighted by atomic mass is 10.0. The normalized spacial score (nSPS) is 27.2. The number of likely N-dealkylation sites (tertiary alicyclic amines) is 1. The van der Waals surface area contributed by atoms with E-state index in [0.717, 1.165) is 12.3 Å². The highest BCUT2D eigenvalue weighted by Crippen LogP contribution is 2.33. The van der Waals surface area contributed by atoms with E-state index in [1.807, 2.05) is 26.0 Å². The Kier molecular flexibility index (Phi) is 3.58.